The molecule has 0 bridgehead atoms. The molecular weight excluding hydrogens is 386 g/mol. The molecule has 1 heterocycles. The summed E-state index contributed by atoms with van der Waals surface area (Å²) in [5, 5.41) is 3.60. The first kappa shape index (κ1) is 21.4. The maximum absolute atomic E-state index is 12.1. The van der Waals surface area contributed by atoms with Crippen LogP contribution in [0.1, 0.15) is 5.56 Å². The van der Waals surface area contributed by atoms with Crippen molar-refractivity contribution in [3.63, 3.8) is 0 Å². The molecule has 0 atom stereocenters. The van der Waals surface area contributed by atoms with E-state index >= 15 is 0 Å². The molecule has 1 aliphatic rings. The average molecular weight is 414 g/mol. The molecule has 0 aliphatic carbocycles. The Morgan fingerprint density at radius 2 is 1.69 bits per heavy atom. The SMILES string of the molecule is O=C(CN1CCN(C/C=C/c2ccccc2)CC1)NCCOc1ccc(Cl)cc1. The molecule has 3 rings (SSSR count). The summed E-state index contributed by atoms with van der Waals surface area (Å²) in [6.07, 6.45) is 4.37. The maximum Gasteiger partial charge on any atom is 0.234 e. The van der Waals surface area contributed by atoms with E-state index in [0.29, 0.717) is 24.7 Å². The second-order valence-corrected chi connectivity index (χ2v) is 7.48. The number of amides is 1. The van der Waals surface area contributed by atoms with Gasteiger partial charge < -0.3 is 10.1 Å². The van der Waals surface area contributed by atoms with E-state index in [9.17, 15) is 4.79 Å². The lowest BCUT2D eigenvalue weighted by atomic mass is 10.2. The summed E-state index contributed by atoms with van der Waals surface area (Å²) >= 11 is 5.84. The topological polar surface area (TPSA) is 44.8 Å². The molecule has 154 valence electrons. The normalized spacial score (nSPS) is 15.5. The van der Waals surface area contributed by atoms with Crippen LogP contribution in [0, 0.1) is 0 Å². The molecular formula is C23H28ClN3O2. The fraction of sp³-hybridized carbons (Fsp3) is 0.348. The summed E-state index contributed by atoms with van der Waals surface area (Å²) in [6.45, 7) is 6.09. The van der Waals surface area contributed by atoms with Gasteiger partial charge in [0.05, 0.1) is 13.1 Å². The maximum atomic E-state index is 12.1. The monoisotopic (exact) mass is 413 g/mol. The number of rotatable bonds is 9. The van der Waals surface area contributed by atoms with E-state index in [1.807, 2.05) is 30.3 Å². The van der Waals surface area contributed by atoms with Gasteiger partial charge in [-0.3, -0.25) is 14.6 Å². The minimum absolute atomic E-state index is 0.0436. The van der Waals surface area contributed by atoms with E-state index in [1.165, 1.54) is 5.56 Å². The number of carbonyl (C=O) groups excluding carboxylic acids is 1. The summed E-state index contributed by atoms with van der Waals surface area (Å²) in [6, 6.07) is 17.5. The van der Waals surface area contributed by atoms with Crippen molar-refractivity contribution in [1.29, 1.82) is 0 Å². The molecule has 2 aromatic rings. The summed E-state index contributed by atoms with van der Waals surface area (Å²) in [7, 11) is 0. The van der Waals surface area contributed by atoms with Crippen LogP contribution in [0.5, 0.6) is 5.75 Å². The Balaban J connectivity index is 1.26. The Bertz CT molecular complexity index is 772. The minimum Gasteiger partial charge on any atom is -0.492 e. The molecule has 0 aromatic heterocycles. The molecule has 1 N–H and O–H groups in total. The lowest BCUT2D eigenvalue weighted by Crippen LogP contribution is -2.49. The molecule has 0 unspecified atom stereocenters. The summed E-state index contributed by atoms with van der Waals surface area (Å²) < 4.78 is 5.58. The fourth-order valence-electron chi connectivity index (χ4n) is 3.18. The first-order valence-corrected chi connectivity index (χ1v) is 10.4. The molecule has 0 saturated carbocycles. The van der Waals surface area contributed by atoms with E-state index in [1.54, 1.807) is 12.1 Å². The number of nitrogens with one attached hydrogen (secondary N) is 1. The van der Waals surface area contributed by atoms with E-state index in [-0.39, 0.29) is 5.91 Å². The van der Waals surface area contributed by atoms with Gasteiger partial charge in [-0.05, 0) is 29.8 Å². The third-order valence-electron chi connectivity index (χ3n) is 4.81. The van der Waals surface area contributed by atoms with Crippen LogP contribution in [0.2, 0.25) is 5.02 Å². The van der Waals surface area contributed by atoms with Gasteiger partial charge in [0.15, 0.2) is 0 Å². The Morgan fingerprint density at radius 3 is 2.41 bits per heavy atom. The highest BCUT2D eigenvalue weighted by atomic mass is 35.5. The van der Waals surface area contributed by atoms with Gasteiger partial charge in [0.1, 0.15) is 12.4 Å². The first-order valence-electron chi connectivity index (χ1n) is 10.0. The molecule has 29 heavy (non-hydrogen) atoms. The van der Waals surface area contributed by atoms with Crippen molar-refractivity contribution in [2.75, 3.05) is 52.4 Å². The van der Waals surface area contributed by atoms with Crippen LogP contribution < -0.4 is 10.1 Å². The number of hydrogen-bond acceptors (Lipinski definition) is 4. The Kier molecular flexibility index (Phi) is 8.56. The zero-order chi connectivity index (χ0) is 20.3. The second kappa shape index (κ2) is 11.6. The summed E-state index contributed by atoms with van der Waals surface area (Å²) in [5.74, 6) is 0.795. The van der Waals surface area contributed by atoms with Crippen LogP contribution in [0.4, 0.5) is 0 Å². The van der Waals surface area contributed by atoms with Crippen LogP contribution in [-0.2, 0) is 4.79 Å². The van der Waals surface area contributed by atoms with E-state index in [4.69, 9.17) is 16.3 Å². The van der Waals surface area contributed by atoms with E-state index < -0.39 is 0 Å². The molecule has 2 aromatic carbocycles. The number of benzene rings is 2. The molecule has 0 radical (unpaired) electrons. The van der Waals surface area contributed by atoms with Gasteiger partial charge in [-0.2, -0.15) is 0 Å². The lowest BCUT2D eigenvalue weighted by Gasteiger charge is -2.33. The minimum atomic E-state index is 0.0436. The van der Waals surface area contributed by atoms with E-state index in [0.717, 1.165) is 38.5 Å². The van der Waals surface area contributed by atoms with Gasteiger partial charge in [0, 0.05) is 37.7 Å². The number of halogens is 1. The molecule has 1 saturated heterocycles. The van der Waals surface area contributed by atoms with Crippen LogP contribution in [0.25, 0.3) is 6.08 Å². The van der Waals surface area contributed by atoms with Crippen molar-refractivity contribution in [3.8, 4) is 5.75 Å². The zero-order valence-corrected chi connectivity index (χ0v) is 17.4. The van der Waals surface area contributed by atoms with Crippen LogP contribution in [0.3, 0.4) is 0 Å². The highest BCUT2D eigenvalue weighted by molar-refractivity contribution is 6.30. The second-order valence-electron chi connectivity index (χ2n) is 7.04. The van der Waals surface area contributed by atoms with Crippen LogP contribution in [0.15, 0.2) is 60.7 Å². The predicted molar refractivity (Wildman–Crippen MR) is 118 cm³/mol. The average Bonchev–Trinajstić information content (AvgIpc) is 2.74. The number of carbonyl (C=O) groups is 1. The van der Waals surface area contributed by atoms with Gasteiger partial charge in [-0.25, -0.2) is 0 Å². The molecule has 6 heteroatoms. The van der Waals surface area contributed by atoms with Gasteiger partial charge >= 0.3 is 0 Å². The quantitative estimate of drug-likeness (QED) is 0.641. The van der Waals surface area contributed by atoms with Crippen LogP contribution >= 0.6 is 11.6 Å². The number of ether oxygens (including phenoxy) is 1. The first-order chi connectivity index (χ1) is 14.2. The number of hydrogen-bond donors (Lipinski definition) is 1. The fourth-order valence-corrected chi connectivity index (χ4v) is 3.31. The number of piperazine rings is 1. The zero-order valence-electron chi connectivity index (χ0n) is 16.6. The van der Waals surface area contributed by atoms with Gasteiger partial charge in [-0.1, -0.05) is 54.1 Å². The lowest BCUT2D eigenvalue weighted by molar-refractivity contribution is -0.122. The Labute approximate surface area is 177 Å². The summed E-state index contributed by atoms with van der Waals surface area (Å²) in [5.41, 5.74) is 1.22. The molecule has 1 amide bonds. The van der Waals surface area contributed by atoms with Crippen LogP contribution in [-0.4, -0.2) is 68.1 Å². The highest BCUT2D eigenvalue weighted by Gasteiger charge is 2.17. The van der Waals surface area contributed by atoms with Gasteiger partial charge in [0.25, 0.3) is 0 Å². The third kappa shape index (κ3) is 7.89. The van der Waals surface area contributed by atoms with E-state index in [2.05, 4.69) is 39.4 Å². The largest absolute Gasteiger partial charge is 0.492 e. The van der Waals surface area contributed by atoms with Crippen molar-refractivity contribution in [3.05, 3.63) is 71.3 Å². The van der Waals surface area contributed by atoms with Crippen molar-refractivity contribution in [2.45, 2.75) is 0 Å². The van der Waals surface area contributed by atoms with Crippen molar-refractivity contribution >= 4 is 23.6 Å². The third-order valence-corrected chi connectivity index (χ3v) is 5.06. The molecule has 0 spiro atoms. The smallest absolute Gasteiger partial charge is 0.234 e. The Morgan fingerprint density at radius 1 is 1.00 bits per heavy atom. The number of nitrogens with zero attached hydrogens (tertiary/aromatic N) is 2. The molecule has 5 nitrogen and oxygen atoms in total. The standard InChI is InChI=1S/C23H28ClN3O2/c24-21-8-10-22(11-9-21)29-18-12-25-23(28)19-27-16-14-26(15-17-27)13-4-7-20-5-2-1-3-6-20/h1-11H,12-19H2,(H,25,28)/b7-4+. The molecule has 1 aliphatic heterocycles. The molecule has 1 fully saturated rings. The van der Waals surface area contributed by atoms with Gasteiger partial charge in [-0.15, -0.1) is 0 Å². The highest BCUT2D eigenvalue weighted by Crippen LogP contribution is 2.15. The van der Waals surface area contributed by atoms with Gasteiger partial charge in [0.2, 0.25) is 5.91 Å². The predicted octanol–water partition coefficient (Wildman–Crippen LogP) is 3.17. The van der Waals surface area contributed by atoms with Crippen molar-refractivity contribution in [1.82, 2.24) is 15.1 Å². The van der Waals surface area contributed by atoms with Crippen molar-refractivity contribution < 1.29 is 9.53 Å². The summed E-state index contributed by atoms with van der Waals surface area (Å²) in [4.78, 5) is 16.7. The Hall–Kier alpha value is -2.34. The van der Waals surface area contributed by atoms with Crippen molar-refractivity contribution in [2.24, 2.45) is 0 Å².